The van der Waals surface area contributed by atoms with Crippen molar-refractivity contribution in [2.75, 3.05) is 18.0 Å². The van der Waals surface area contributed by atoms with Crippen LogP contribution in [0.3, 0.4) is 0 Å². The van der Waals surface area contributed by atoms with Crippen molar-refractivity contribution in [3.63, 3.8) is 0 Å². The van der Waals surface area contributed by atoms with E-state index in [1.165, 1.54) is 11.3 Å². The molecule has 0 aromatic heterocycles. The molecule has 0 amide bonds. The molecule has 0 aliphatic carbocycles. The molecule has 1 atom stereocenters. The lowest BCUT2D eigenvalue weighted by Crippen LogP contribution is -2.39. The average Bonchev–Trinajstić information content (AvgIpc) is 2.36. The van der Waals surface area contributed by atoms with Gasteiger partial charge in [0.15, 0.2) is 0 Å². The van der Waals surface area contributed by atoms with Crippen LogP contribution in [0, 0.1) is 0 Å². The van der Waals surface area contributed by atoms with Gasteiger partial charge in [0.05, 0.1) is 6.10 Å². The number of rotatable bonds is 4. The summed E-state index contributed by atoms with van der Waals surface area (Å²) in [5.74, 6) is 0. The van der Waals surface area contributed by atoms with E-state index in [1.807, 2.05) is 12.1 Å². The minimum Gasteiger partial charge on any atom is -0.391 e. The minimum atomic E-state index is -0.213. The first kappa shape index (κ1) is 14.6. The molecule has 0 bridgehead atoms. The number of piperidine rings is 1. The molecule has 1 aliphatic heterocycles. The molecule has 2 rings (SSSR count). The van der Waals surface area contributed by atoms with Crippen LogP contribution in [0.25, 0.3) is 0 Å². The quantitative estimate of drug-likeness (QED) is 0.891. The fraction of sp³-hybridized carbons (Fsp3) is 0.600. The van der Waals surface area contributed by atoms with Gasteiger partial charge in [-0.25, -0.2) is 0 Å². The van der Waals surface area contributed by atoms with Crippen molar-refractivity contribution in [1.82, 2.24) is 5.32 Å². The maximum Gasteiger partial charge on any atom is 0.0715 e. The molecule has 1 aromatic rings. The van der Waals surface area contributed by atoms with E-state index in [1.54, 1.807) is 0 Å². The van der Waals surface area contributed by atoms with Crippen LogP contribution >= 0.6 is 11.6 Å². The predicted octanol–water partition coefficient (Wildman–Crippen LogP) is 2.80. The molecule has 19 heavy (non-hydrogen) atoms. The summed E-state index contributed by atoms with van der Waals surface area (Å²) >= 11 is 6.10. The lowest BCUT2D eigenvalue weighted by molar-refractivity contribution is 0.154. The Morgan fingerprint density at radius 3 is 2.95 bits per heavy atom. The molecule has 0 spiro atoms. The van der Waals surface area contributed by atoms with E-state index >= 15 is 0 Å². The van der Waals surface area contributed by atoms with Crippen LogP contribution < -0.4 is 10.2 Å². The molecule has 4 heteroatoms. The smallest absolute Gasteiger partial charge is 0.0715 e. The summed E-state index contributed by atoms with van der Waals surface area (Å²) in [5.41, 5.74) is 2.40. The molecule has 3 nitrogen and oxygen atoms in total. The summed E-state index contributed by atoms with van der Waals surface area (Å²) in [5, 5.41) is 14.0. The number of anilines is 1. The Balaban J connectivity index is 2.18. The van der Waals surface area contributed by atoms with E-state index in [9.17, 15) is 5.11 Å². The van der Waals surface area contributed by atoms with Gasteiger partial charge in [0.25, 0.3) is 0 Å². The highest BCUT2D eigenvalue weighted by molar-refractivity contribution is 6.30. The van der Waals surface area contributed by atoms with Crippen molar-refractivity contribution in [3.8, 4) is 0 Å². The molecule has 106 valence electrons. The summed E-state index contributed by atoms with van der Waals surface area (Å²) in [4.78, 5) is 2.27. The number of halogens is 1. The van der Waals surface area contributed by atoms with E-state index in [2.05, 4.69) is 30.1 Å². The fourth-order valence-electron chi connectivity index (χ4n) is 2.49. The molecule has 1 aromatic carbocycles. The number of benzene rings is 1. The van der Waals surface area contributed by atoms with Gasteiger partial charge < -0.3 is 15.3 Å². The largest absolute Gasteiger partial charge is 0.391 e. The highest BCUT2D eigenvalue weighted by Crippen LogP contribution is 2.27. The molecule has 2 N–H and O–H groups in total. The Labute approximate surface area is 120 Å². The lowest BCUT2D eigenvalue weighted by atomic mass is 10.0. The van der Waals surface area contributed by atoms with Gasteiger partial charge in [0.2, 0.25) is 0 Å². The molecule has 1 heterocycles. The van der Waals surface area contributed by atoms with E-state index in [4.69, 9.17) is 11.6 Å². The molecular formula is C15H23ClN2O. The molecular weight excluding hydrogens is 260 g/mol. The highest BCUT2D eigenvalue weighted by Gasteiger charge is 2.20. The Bertz CT molecular complexity index is 423. The van der Waals surface area contributed by atoms with Gasteiger partial charge in [0, 0.05) is 36.4 Å². The van der Waals surface area contributed by atoms with Crippen LogP contribution in [-0.2, 0) is 6.54 Å². The van der Waals surface area contributed by atoms with Gasteiger partial charge in [-0.05, 0) is 36.6 Å². The van der Waals surface area contributed by atoms with Crippen molar-refractivity contribution >= 4 is 17.3 Å². The third-order valence-electron chi connectivity index (χ3n) is 3.48. The van der Waals surface area contributed by atoms with Crippen LogP contribution in [0.15, 0.2) is 18.2 Å². The molecule has 0 saturated carbocycles. The standard InChI is InChI=1S/C15H23ClN2O/c1-11(2)17-9-12-8-13(16)5-6-15(12)18-7-3-4-14(19)10-18/h5-6,8,11,14,17,19H,3-4,7,9-10H2,1-2H3. The maximum atomic E-state index is 9.82. The highest BCUT2D eigenvalue weighted by atomic mass is 35.5. The van der Waals surface area contributed by atoms with Gasteiger partial charge >= 0.3 is 0 Å². The predicted molar refractivity (Wildman–Crippen MR) is 80.9 cm³/mol. The molecule has 1 fully saturated rings. The monoisotopic (exact) mass is 282 g/mol. The first-order valence-corrected chi connectivity index (χ1v) is 7.39. The minimum absolute atomic E-state index is 0.213. The zero-order chi connectivity index (χ0) is 13.8. The number of hydrogen-bond acceptors (Lipinski definition) is 3. The number of nitrogens with zero attached hydrogens (tertiary/aromatic N) is 1. The SMILES string of the molecule is CC(C)NCc1cc(Cl)ccc1N1CCCC(O)C1. The molecule has 1 aliphatic rings. The van der Waals surface area contributed by atoms with E-state index < -0.39 is 0 Å². The molecule has 1 saturated heterocycles. The van der Waals surface area contributed by atoms with Crippen LogP contribution in [0.2, 0.25) is 5.02 Å². The summed E-state index contributed by atoms with van der Waals surface area (Å²) in [7, 11) is 0. The topological polar surface area (TPSA) is 35.5 Å². The van der Waals surface area contributed by atoms with Gasteiger partial charge in [-0.15, -0.1) is 0 Å². The van der Waals surface area contributed by atoms with Crippen LogP contribution in [-0.4, -0.2) is 30.3 Å². The molecule has 1 unspecified atom stereocenters. The first-order chi connectivity index (χ1) is 9.06. The van der Waals surface area contributed by atoms with Crippen LogP contribution in [0.5, 0.6) is 0 Å². The summed E-state index contributed by atoms with van der Waals surface area (Å²) in [6, 6.07) is 6.46. The third kappa shape index (κ3) is 4.10. The van der Waals surface area contributed by atoms with Crippen molar-refractivity contribution in [3.05, 3.63) is 28.8 Å². The second kappa shape index (κ2) is 6.60. The Hall–Kier alpha value is -0.770. The van der Waals surface area contributed by atoms with Crippen LogP contribution in [0.4, 0.5) is 5.69 Å². The van der Waals surface area contributed by atoms with Crippen LogP contribution in [0.1, 0.15) is 32.3 Å². The number of β-amino-alcohol motifs (C(OH)–C–C–N with tert-alkyl or cyclic N) is 1. The summed E-state index contributed by atoms with van der Waals surface area (Å²) in [6.07, 6.45) is 1.74. The van der Waals surface area contributed by atoms with Crippen molar-refractivity contribution < 1.29 is 5.11 Å². The second-order valence-corrected chi connectivity index (χ2v) is 5.99. The Morgan fingerprint density at radius 2 is 2.26 bits per heavy atom. The first-order valence-electron chi connectivity index (χ1n) is 7.01. The average molecular weight is 283 g/mol. The fourth-order valence-corrected chi connectivity index (χ4v) is 2.69. The maximum absolute atomic E-state index is 9.82. The number of hydrogen-bond donors (Lipinski definition) is 2. The number of aliphatic hydroxyl groups excluding tert-OH is 1. The Morgan fingerprint density at radius 1 is 1.47 bits per heavy atom. The van der Waals surface area contributed by atoms with Crippen molar-refractivity contribution in [2.24, 2.45) is 0 Å². The zero-order valence-corrected chi connectivity index (χ0v) is 12.5. The van der Waals surface area contributed by atoms with Crippen molar-refractivity contribution in [1.29, 1.82) is 0 Å². The lowest BCUT2D eigenvalue weighted by Gasteiger charge is -2.33. The third-order valence-corrected chi connectivity index (χ3v) is 3.71. The zero-order valence-electron chi connectivity index (χ0n) is 11.7. The van der Waals surface area contributed by atoms with Gasteiger partial charge in [-0.1, -0.05) is 25.4 Å². The van der Waals surface area contributed by atoms with Crippen molar-refractivity contribution in [2.45, 2.75) is 45.4 Å². The Kier molecular flexibility index (Phi) is 5.08. The summed E-state index contributed by atoms with van der Waals surface area (Å²) < 4.78 is 0. The normalized spacial score (nSPS) is 20.1. The second-order valence-electron chi connectivity index (χ2n) is 5.55. The van der Waals surface area contributed by atoms with Gasteiger partial charge in [-0.2, -0.15) is 0 Å². The van der Waals surface area contributed by atoms with E-state index in [0.717, 1.165) is 37.5 Å². The van der Waals surface area contributed by atoms with Gasteiger partial charge in [0.1, 0.15) is 0 Å². The van der Waals surface area contributed by atoms with E-state index in [0.29, 0.717) is 6.04 Å². The molecule has 0 radical (unpaired) electrons. The summed E-state index contributed by atoms with van der Waals surface area (Å²) in [6.45, 7) is 6.80. The number of aliphatic hydroxyl groups is 1. The van der Waals surface area contributed by atoms with Gasteiger partial charge in [-0.3, -0.25) is 0 Å². The number of nitrogens with one attached hydrogen (secondary N) is 1. The van der Waals surface area contributed by atoms with E-state index in [-0.39, 0.29) is 6.10 Å².